The summed E-state index contributed by atoms with van der Waals surface area (Å²) in [6.07, 6.45) is 0.371. The molecule has 7 heteroatoms. The van der Waals surface area contributed by atoms with Crippen molar-refractivity contribution in [3.63, 3.8) is 0 Å². The van der Waals surface area contributed by atoms with Gasteiger partial charge in [0.15, 0.2) is 0 Å². The van der Waals surface area contributed by atoms with Crippen LogP contribution in [0.2, 0.25) is 0 Å². The molecule has 0 aliphatic rings. The predicted octanol–water partition coefficient (Wildman–Crippen LogP) is 2.45. The molecule has 0 atom stereocenters. The Morgan fingerprint density at radius 1 is 1.36 bits per heavy atom. The molecular formula is C15H29N5O2. The smallest absolute Gasteiger partial charge is 0.407 e. The molecule has 0 saturated heterocycles. The number of nitrogen functional groups attached to an aromatic ring is 1. The third-order valence-corrected chi connectivity index (χ3v) is 2.97. The lowest BCUT2D eigenvalue weighted by Gasteiger charge is -2.19. The first kappa shape index (κ1) is 18.1. The van der Waals surface area contributed by atoms with Crippen molar-refractivity contribution in [3.8, 4) is 0 Å². The molecule has 1 aromatic heterocycles. The van der Waals surface area contributed by atoms with Gasteiger partial charge in [-0.15, -0.1) is 0 Å². The van der Waals surface area contributed by atoms with Gasteiger partial charge in [-0.05, 0) is 33.1 Å². The van der Waals surface area contributed by atoms with Crippen LogP contribution in [-0.2, 0) is 11.8 Å². The molecule has 1 aromatic rings. The number of aryl methyl sites for hydroxylation is 1. The van der Waals surface area contributed by atoms with E-state index in [1.54, 1.807) is 4.68 Å². The van der Waals surface area contributed by atoms with Crippen LogP contribution in [0.25, 0.3) is 0 Å². The highest BCUT2D eigenvalue weighted by Gasteiger charge is 2.16. The summed E-state index contributed by atoms with van der Waals surface area (Å²) in [5.41, 5.74) is 7.22. The van der Waals surface area contributed by atoms with Crippen molar-refractivity contribution in [1.29, 1.82) is 0 Å². The van der Waals surface area contributed by atoms with Crippen molar-refractivity contribution in [2.45, 2.75) is 52.6 Å². The molecule has 22 heavy (non-hydrogen) atoms. The standard InChI is InChI=1S/C15H29N5O2/c1-10(2)12-11(16)13(20(6)19-12)17-8-7-9-18-14(21)22-15(3,4)5/h10,17H,7-9,16H2,1-6H3,(H,18,21). The number of anilines is 2. The number of carbonyl (C=O) groups excluding carboxylic acids is 1. The Bertz CT molecular complexity index is 503. The minimum absolute atomic E-state index is 0.288. The largest absolute Gasteiger partial charge is 0.444 e. The van der Waals surface area contributed by atoms with E-state index in [9.17, 15) is 4.79 Å². The van der Waals surface area contributed by atoms with E-state index < -0.39 is 11.7 Å². The predicted molar refractivity (Wildman–Crippen MR) is 89.1 cm³/mol. The number of carbonyl (C=O) groups is 1. The number of hydrogen-bond acceptors (Lipinski definition) is 5. The molecule has 126 valence electrons. The van der Waals surface area contributed by atoms with Crippen molar-refractivity contribution in [3.05, 3.63) is 5.69 Å². The van der Waals surface area contributed by atoms with Gasteiger partial charge in [0.1, 0.15) is 11.4 Å². The van der Waals surface area contributed by atoms with Crippen LogP contribution in [0.5, 0.6) is 0 Å². The molecule has 0 aromatic carbocycles. The maximum absolute atomic E-state index is 11.5. The van der Waals surface area contributed by atoms with E-state index in [0.717, 1.165) is 17.9 Å². The van der Waals surface area contributed by atoms with Crippen molar-refractivity contribution in [2.75, 3.05) is 24.1 Å². The van der Waals surface area contributed by atoms with E-state index in [1.807, 2.05) is 27.8 Å². The van der Waals surface area contributed by atoms with Crippen molar-refractivity contribution >= 4 is 17.6 Å². The number of rotatable bonds is 6. The fraction of sp³-hybridized carbons (Fsp3) is 0.733. The summed E-state index contributed by atoms with van der Waals surface area (Å²) in [6, 6.07) is 0. The van der Waals surface area contributed by atoms with Crippen LogP contribution >= 0.6 is 0 Å². The lowest BCUT2D eigenvalue weighted by molar-refractivity contribution is 0.0528. The normalized spacial score (nSPS) is 11.6. The second kappa shape index (κ2) is 7.38. The monoisotopic (exact) mass is 311 g/mol. The Kier molecular flexibility index (Phi) is 6.08. The van der Waals surface area contributed by atoms with Gasteiger partial charge in [0, 0.05) is 20.1 Å². The number of nitrogens with zero attached hydrogens (tertiary/aromatic N) is 2. The Balaban J connectivity index is 2.35. The van der Waals surface area contributed by atoms with Crippen LogP contribution in [-0.4, -0.2) is 34.6 Å². The Hall–Kier alpha value is -1.92. The summed E-state index contributed by atoms with van der Waals surface area (Å²) < 4.78 is 6.92. The molecular weight excluding hydrogens is 282 g/mol. The third-order valence-electron chi connectivity index (χ3n) is 2.97. The molecule has 0 aliphatic carbocycles. The number of hydrogen-bond donors (Lipinski definition) is 3. The fourth-order valence-electron chi connectivity index (χ4n) is 2.00. The van der Waals surface area contributed by atoms with Gasteiger partial charge < -0.3 is 21.1 Å². The topological polar surface area (TPSA) is 94.2 Å². The highest BCUT2D eigenvalue weighted by Crippen LogP contribution is 2.27. The molecule has 0 saturated carbocycles. The molecule has 1 amide bonds. The zero-order valence-electron chi connectivity index (χ0n) is 14.5. The third kappa shape index (κ3) is 5.46. The number of aromatic nitrogens is 2. The van der Waals surface area contributed by atoms with Gasteiger partial charge in [0.2, 0.25) is 0 Å². The van der Waals surface area contributed by atoms with Gasteiger partial charge >= 0.3 is 6.09 Å². The van der Waals surface area contributed by atoms with Gasteiger partial charge in [-0.3, -0.25) is 4.68 Å². The zero-order valence-corrected chi connectivity index (χ0v) is 14.5. The first-order chi connectivity index (χ1) is 10.1. The van der Waals surface area contributed by atoms with Gasteiger partial charge in [-0.1, -0.05) is 13.8 Å². The molecule has 0 bridgehead atoms. The van der Waals surface area contributed by atoms with E-state index in [0.29, 0.717) is 18.8 Å². The molecule has 0 aliphatic heterocycles. The molecule has 4 N–H and O–H groups in total. The number of nitrogens with two attached hydrogens (primary N) is 1. The maximum Gasteiger partial charge on any atom is 0.407 e. The van der Waals surface area contributed by atoms with Crippen LogP contribution in [0.1, 0.15) is 52.7 Å². The molecule has 1 rings (SSSR count). The quantitative estimate of drug-likeness (QED) is 0.702. The minimum atomic E-state index is -0.473. The van der Waals surface area contributed by atoms with E-state index >= 15 is 0 Å². The average Bonchev–Trinajstić information content (AvgIpc) is 2.63. The van der Waals surface area contributed by atoms with Crippen molar-refractivity contribution < 1.29 is 9.53 Å². The number of nitrogens with one attached hydrogen (secondary N) is 2. The Labute approximate surface area is 132 Å². The highest BCUT2D eigenvalue weighted by molar-refractivity contribution is 5.67. The maximum atomic E-state index is 11.5. The van der Waals surface area contributed by atoms with Gasteiger partial charge in [-0.2, -0.15) is 5.10 Å². The molecule has 0 fully saturated rings. The first-order valence-corrected chi connectivity index (χ1v) is 7.65. The number of alkyl carbamates (subject to hydrolysis) is 1. The van der Waals surface area contributed by atoms with E-state index in [-0.39, 0.29) is 5.92 Å². The van der Waals surface area contributed by atoms with Crippen LogP contribution in [0.3, 0.4) is 0 Å². The highest BCUT2D eigenvalue weighted by atomic mass is 16.6. The molecule has 0 unspecified atom stereocenters. The zero-order chi connectivity index (χ0) is 16.9. The van der Waals surface area contributed by atoms with Crippen molar-refractivity contribution in [2.24, 2.45) is 7.05 Å². The van der Waals surface area contributed by atoms with Crippen LogP contribution in [0, 0.1) is 0 Å². The summed E-state index contributed by atoms with van der Waals surface area (Å²) in [6.45, 7) is 10.9. The van der Waals surface area contributed by atoms with E-state index in [2.05, 4.69) is 29.6 Å². The van der Waals surface area contributed by atoms with E-state index in [4.69, 9.17) is 10.5 Å². The summed E-state index contributed by atoms with van der Waals surface area (Å²) in [5, 5.41) is 10.4. The lowest BCUT2D eigenvalue weighted by atomic mass is 10.1. The number of amides is 1. The van der Waals surface area contributed by atoms with Crippen molar-refractivity contribution in [1.82, 2.24) is 15.1 Å². The number of ether oxygens (including phenoxy) is 1. The lowest BCUT2D eigenvalue weighted by Crippen LogP contribution is -2.33. The van der Waals surface area contributed by atoms with Crippen LogP contribution < -0.4 is 16.4 Å². The summed E-state index contributed by atoms with van der Waals surface area (Å²) in [5.74, 6) is 1.11. The van der Waals surface area contributed by atoms with Gasteiger partial charge in [0.25, 0.3) is 0 Å². The second-order valence-electron chi connectivity index (χ2n) is 6.63. The summed E-state index contributed by atoms with van der Waals surface area (Å²) in [7, 11) is 1.86. The fourth-order valence-corrected chi connectivity index (χ4v) is 2.00. The van der Waals surface area contributed by atoms with Gasteiger partial charge in [-0.25, -0.2) is 4.79 Å². The Morgan fingerprint density at radius 2 is 2.00 bits per heavy atom. The molecule has 0 radical (unpaired) electrons. The summed E-state index contributed by atoms with van der Waals surface area (Å²) >= 11 is 0. The van der Waals surface area contributed by atoms with Crippen LogP contribution in [0.15, 0.2) is 0 Å². The minimum Gasteiger partial charge on any atom is -0.444 e. The molecule has 1 heterocycles. The molecule has 7 nitrogen and oxygen atoms in total. The van der Waals surface area contributed by atoms with E-state index in [1.165, 1.54) is 0 Å². The molecule has 0 spiro atoms. The SMILES string of the molecule is CC(C)c1nn(C)c(NCCCNC(=O)OC(C)(C)C)c1N. The average molecular weight is 311 g/mol. The summed E-state index contributed by atoms with van der Waals surface area (Å²) in [4.78, 5) is 11.5. The first-order valence-electron chi connectivity index (χ1n) is 7.65. The van der Waals surface area contributed by atoms with Crippen LogP contribution in [0.4, 0.5) is 16.3 Å². The second-order valence-corrected chi connectivity index (χ2v) is 6.63. The Morgan fingerprint density at radius 3 is 2.50 bits per heavy atom. The van der Waals surface area contributed by atoms with Gasteiger partial charge in [0.05, 0.1) is 11.4 Å².